The van der Waals surface area contributed by atoms with E-state index in [1.54, 1.807) is 26.1 Å². The number of amides is 1. The highest BCUT2D eigenvalue weighted by molar-refractivity contribution is 7.22. The maximum absolute atomic E-state index is 13.6. The molecule has 5 rings (SSSR count). The van der Waals surface area contributed by atoms with Crippen LogP contribution in [0.1, 0.15) is 33.7 Å². The largest absolute Gasteiger partial charge is 0.494 e. The van der Waals surface area contributed by atoms with E-state index in [2.05, 4.69) is 30.2 Å². The average molecular weight is 536 g/mol. The lowest BCUT2D eigenvalue weighted by atomic mass is 10.00. The quantitative estimate of drug-likeness (QED) is 0.337. The van der Waals surface area contributed by atoms with E-state index in [4.69, 9.17) is 4.74 Å². The van der Waals surface area contributed by atoms with Crippen molar-refractivity contribution in [2.45, 2.75) is 20.3 Å². The summed E-state index contributed by atoms with van der Waals surface area (Å²) >= 11 is 1.23. The Kier molecular flexibility index (Phi) is 6.59. The minimum absolute atomic E-state index is 0.0375. The molecule has 1 amide bonds. The van der Waals surface area contributed by atoms with Gasteiger partial charge in [0.2, 0.25) is 0 Å². The van der Waals surface area contributed by atoms with Crippen LogP contribution < -0.4 is 15.6 Å². The van der Waals surface area contributed by atoms with E-state index in [9.17, 15) is 18.4 Å². The first-order valence-electron chi connectivity index (χ1n) is 11.2. The molecule has 0 atom stereocenters. The van der Waals surface area contributed by atoms with E-state index in [-0.39, 0.29) is 33.8 Å². The average Bonchev–Trinajstić information content (AvgIpc) is 3.33. The molecular formula is C25H19F2N7O3S. The summed E-state index contributed by atoms with van der Waals surface area (Å²) in [6.07, 6.45) is 2.46. The molecule has 0 aliphatic rings. The minimum Gasteiger partial charge on any atom is -0.494 e. The Hall–Kier alpha value is -4.65. The van der Waals surface area contributed by atoms with Gasteiger partial charge in [0, 0.05) is 34.8 Å². The SMILES string of the molecule is COc1cnc(C(F)F)cc1-c1cc(-n2cnc(C)c(C)c2=O)ncc1C(=O)Nc1nc2ncccc2s1. The van der Waals surface area contributed by atoms with Crippen LogP contribution in [-0.4, -0.2) is 42.5 Å². The van der Waals surface area contributed by atoms with Gasteiger partial charge in [0.1, 0.15) is 23.6 Å². The molecular weight excluding hydrogens is 516 g/mol. The summed E-state index contributed by atoms with van der Waals surface area (Å²) < 4.78 is 34.5. The standard InChI is InChI=1S/C25H19F2N7O3S/c1-12-13(2)31-11-34(24(12)36)20-8-14(15-7-17(21(26)27)29-10-18(15)37-3)16(9-30-20)23(35)33-25-32-22-19(38-25)5-4-6-28-22/h4-11,21H,1-3H3,(H,28,32,33,35). The van der Waals surface area contributed by atoms with Crippen LogP contribution >= 0.6 is 11.3 Å². The van der Waals surface area contributed by atoms with Crippen LogP contribution in [0.4, 0.5) is 13.9 Å². The Labute approximate surface area is 218 Å². The summed E-state index contributed by atoms with van der Waals surface area (Å²) in [6.45, 7) is 3.34. The van der Waals surface area contributed by atoms with Crippen molar-refractivity contribution < 1.29 is 18.3 Å². The molecule has 5 aromatic rings. The molecule has 13 heteroatoms. The topological polar surface area (TPSA) is 125 Å². The number of hydrogen-bond acceptors (Lipinski definition) is 9. The van der Waals surface area contributed by atoms with E-state index in [1.807, 2.05) is 6.07 Å². The van der Waals surface area contributed by atoms with Gasteiger partial charge >= 0.3 is 0 Å². The number of nitrogens with zero attached hydrogens (tertiary/aromatic N) is 6. The summed E-state index contributed by atoms with van der Waals surface area (Å²) in [7, 11) is 1.36. The Bertz CT molecular complexity index is 1720. The third-order valence-corrected chi connectivity index (χ3v) is 6.76. The first kappa shape index (κ1) is 25.0. The highest BCUT2D eigenvalue weighted by atomic mass is 32.1. The van der Waals surface area contributed by atoms with Gasteiger partial charge in [-0.3, -0.25) is 24.5 Å². The summed E-state index contributed by atoms with van der Waals surface area (Å²) in [4.78, 5) is 47.1. The smallest absolute Gasteiger partial charge is 0.280 e. The van der Waals surface area contributed by atoms with Crippen LogP contribution in [-0.2, 0) is 0 Å². The van der Waals surface area contributed by atoms with Crippen molar-refractivity contribution in [1.29, 1.82) is 0 Å². The number of nitrogens with one attached hydrogen (secondary N) is 1. The number of carbonyl (C=O) groups excluding carboxylic acids is 1. The minimum atomic E-state index is -2.86. The lowest BCUT2D eigenvalue weighted by molar-refractivity contribution is 0.102. The van der Waals surface area contributed by atoms with E-state index < -0.39 is 18.0 Å². The molecule has 192 valence electrons. The van der Waals surface area contributed by atoms with Crippen molar-refractivity contribution in [2.75, 3.05) is 12.4 Å². The monoisotopic (exact) mass is 535 g/mol. The Morgan fingerprint density at radius 2 is 1.92 bits per heavy atom. The predicted octanol–water partition coefficient (Wildman–Crippen LogP) is 4.51. The molecule has 0 fully saturated rings. The second-order valence-corrected chi connectivity index (χ2v) is 9.16. The molecule has 0 saturated carbocycles. The van der Waals surface area contributed by atoms with Crippen LogP contribution in [0.5, 0.6) is 5.75 Å². The van der Waals surface area contributed by atoms with Crippen LogP contribution in [0.15, 0.2) is 54.0 Å². The normalized spacial score (nSPS) is 11.2. The second-order valence-electron chi connectivity index (χ2n) is 8.13. The number of fused-ring (bicyclic) bond motifs is 1. The van der Waals surface area contributed by atoms with Crippen molar-refractivity contribution in [2.24, 2.45) is 0 Å². The Morgan fingerprint density at radius 1 is 1.11 bits per heavy atom. The lowest BCUT2D eigenvalue weighted by Gasteiger charge is -2.15. The molecule has 1 N–H and O–H groups in total. The lowest BCUT2D eigenvalue weighted by Crippen LogP contribution is -2.23. The van der Waals surface area contributed by atoms with Crippen molar-refractivity contribution >= 4 is 32.7 Å². The van der Waals surface area contributed by atoms with Gasteiger partial charge in [0.15, 0.2) is 10.8 Å². The highest BCUT2D eigenvalue weighted by Gasteiger charge is 2.22. The van der Waals surface area contributed by atoms with Crippen molar-refractivity contribution in [3.8, 4) is 22.7 Å². The van der Waals surface area contributed by atoms with Crippen molar-refractivity contribution in [1.82, 2.24) is 29.5 Å². The fraction of sp³-hybridized carbons (Fsp3) is 0.160. The molecule has 5 aromatic heterocycles. The zero-order valence-corrected chi connectivity index (χ0v) is 21.1. The number of anilines is 1. The third-order valence-electron chi connectivity index (χ3n) is 5.84. The van der Waals surface area contributed by atoms with Crippen molar-refractivity contribution in [3.63, 3.8) is 0 Å². The first-order valence-corrected chi connectivity index (χ1v) is 12.0. The Balaban J connectivity index is 1.67. The molecule has 0 bridgehead atoms. The number of thiazole rings is 1. The number of pyridine rings is 3. The van der Waals surface area contributed by atoms with Gasteiger partial charge in [0.05, 0.1) is 23.6 Å². The van der Waals surface area contributed by atoms with Gasteiger partial charge in [0.25, 0.3) is 17.9 Å². The van der Waals surface area contributed by atoms with Gasteiger partial charge in [-0.2, -0.15) is 4.98 Å². The number of rotatable bonds is 6. The van der Waals surface area contributed by atoms with Gasteiger partial charge in [-0.15, -0.1) is 0 Å². The number of methoxy groups -OCH3 is 1. The van der Waals surface area contributed by atoms with Crippen LogP contribution in [0.25, 0.3) is 27.3 Å². The number of alkyl halides is 2. The van der Waals surface area contributed by atoms with Gasteiger partial charge < -0.3 is 4.74 Å². The molecule has 0 spiro atoms. The fourth-order valence-corrected chi connectivity index (χ4v) is 4.53. The number of aromatic nitrogens is 6. The first-order chi connectivity index (χ1) is 18.3. The molecule has 38 heavy (non-hydrogen) atoms. The van der Waals surface area contributed by atoms with Crippen LogP contribution in [0, 0.1) is 13.8 Å². The molecule has 0 aliphatic heterocycles. The van der Waals surface area contributed by atoms with Crippen LogP contribution in [0.3, 0.4) is 0 Å². The number of ether oxygens (including phenoxy) is 1. The molecule has 10 nitrogen and oxygen atoms in total. The second kappa shape index (κ2) is 10.0. The number of halogens is 2. The number of carbonyl (C=O) groups is 1. The van der Waals surface area contributed by atoms with Gasteiger partial charge in [-0.05, 0) is 38.1 Å². The molecule has 0 radical (unpaired) electrons. The predicted molar refractivity (Wildman–Crippen MR) is 137 cm³/mol. The Morgan fingerprint density at radius 3 is 2.66 bits per heavy atom. The highest BCUT2D eigenvalue weighted by Crippen LogP contribution is 2.35. The molecule has 0 aromatic carbocycles. The third kappa shape index (κ3) is 4.59. The van der Waals surface area contributed by atoms with E-state index in [1.165, 1.54) is 41.6 Å². The van der Waals surface area contributed by atoms with E-state index in [0.29, 0.717) is 22.0 Å². The van der Waals surface area contributed by atoms with Gasteiger partial charge in [-0.1, -0.05) is 11.3 Å². The van der Waals surface area contributed by atoms with Gasteiger partial charge in [-0.25, -0.2) is 23.7 Å². The van der Waals surface area contributed by atoms with E-state index in [0.717, 1.165) is 17.0 Å². The molecule has 0 unspecified atom stereocenters. The van der Waals surface area contributed by atoms with Crippen molar-refractivity contribution in [3.05, 3.63) is 82.1 Å². The molecule has 0 aliphatic carbocycles. The zero-order chi connectivity index (χ0) is 27.0. The summed E-state index contributed by atoms with van der Waals surface area (Å²) in [5.74, 6) is -0.310. The van der Waals surface area contributed by atoms with E-state index >= 15 is 0 Å². The number of aryl methyl sites for hydroxylation is 1. The molecule has 5 heterocycles. The van der Waals surface area contributed by atoms with Crippen LogP contribution in [0.2, 0.25) is 0 Å². The fourth-order valence-electron chi connectivity index (χ4n) is 3.71. The molecule has 0 saturated heterocycles. The number of hydrogen-bond donors (Lipinski definition) is 1. The zero-order valence-electron chi connectivity index (χ0n) is 20.3. The summed E-state index contributed by atoms with van der Waals surface area (Å²) in [5.41, 5.74) is 0.989. The maximum Gasteiger partial charge on any atom is 0.280 e. The maximum atomic E-state index is 13.6. The summed E-state index contributed by atoms with van der Waals surface area (Å²) in [5, 5.41) is 3.02. The summed E-state index contributed by atoms with van der Waals surface area (Å²) in [6, 6.07) is 6.16.